The second-order valence-corrected chi connectivity index (χ2v) is 8.14. The van der Waals surface area contributed by atoms with E-state index in [-0.39, 0.29) is 12.3 Å². The number of carboxylic acid groups (broad SMARTS) is 1. The maximum atomic E-state index is 11.4. The van der Waals surface area contributed by atoms with Crippen molar-refractivity contribution in [1.29, 1.82) is 5.26 Å². The van der Waals surface area contributed by atoms with Gasteiger partial charge in [-0.05, 0) is 47.2 Å². The second-order valence-electron chi connectivity index (χ2n) is 8.14. The molecule has 0 aliphatic rings. The number of carbonyl (C=O) groups is 1. The Balaban J connectivity index is 1.39. The molecule has 0 radical (unpaired) electrons. The molecule has 8 nitrogen and oxygen atoms in total. The lowest BCUT2D eigenvalue weighted by Gasteiger charge is -2.18. The zero-order valence-corrected chi connectivity index (χ0v) is 18.6. The Morgan fingerprint density at radius 1 is 1.14 bits per heavy atom. The van der Waals surface area contributed by atoms with Crippen molar-refractivity contribution >= 4 is 27.8 Å². The number of nitrogens with zero attached hydrogens (tertiary/aromatic N) is 3. The number of nitrogens with one attached hydrogen (secondary N) is 2. The first-order valence-corrected chi connectivity index (χ1v) is 11.0. The molecule has 3 aromatic heterocycles. The fourth-order valence-electron chi connectivity index (χ4n) is 4.17. The molecule has 0 bridgehead atoms. The van der Waals surface area contributed by atoms with E-state index in [2.05, 4.69) is 26.3 Å². The molecule has 3 heterocycles. The molecule has 0 spiro atoms. The van der Waals surface area contributed by atoms with Crippen LogP contribution >= 0.6 is 0 Å². The van der Waals surface area contributed by atoms with Gasteiger partial charge in [0.2, 0.25) is 0 Å². The molecular weight excluding hydrogens is 442 g/mol. The molecule has 35 heavy (non-hydrogen) atoms. The molecule has 2 aromatic carbocycles. The number of pyridine rings is 2. The number of nitriles is 1. The van der Waals surface area contributed by atoms with Crippen LogP contribution in [0, 0.1) is 11.3 Å². The predicted octanol–water partition coefficient (Wildman–Crippen LogP) is 4.91. The molecule has 0 saturated heterocycles. The number of hydrogen-bond donors (Lipinski definition) is 3. The average molecular weight is 463 g/mol. The average Bonchev–Trinajstić information content (AvgIpc) is 3.29. The zero-order valence-electron chi connectivity index (χ0n) is 18.6. The van der Waals surface area contributed by atoms with Crippen LogP contribution in [0.1, 0.15) is 11.3 Å². The number of benzene rings is 2. The van der Waals surface area contributed by atoms with Crippen molar-refractivity contribution in [2.24, 2.45) is 0 Å². The highest BCUT2D eigenvalue weighted by Gasteiger charge is 2.17. The SMILES string of the molecule is N#Cc1ncc(OCC(Cc2c[nH]c3ccccc23)NC(=O)O)cc1-c1ccc2cnccc2c1. The molecule has 0 aliphatic carbocycles. The molecular formula is C27H21N5O3. The minimum Gasteiger partial charge on any atom is -0.490 e. The van der Waals surface area contributed by atoms with Gasteiger partial charge in [0.25, 0.3) is 0 Å². The number of fused-ring (bicyclic) bond motifs is 2. The minimum absolute atomic E-state index is 0.0994. The quantitative estimate of drug-likeness (QED) is 0.315. The third-order valence-corrected chi connectivity index (χ3v) is 5.84. The molecule has 0 fully saturated rings. The molecule has 5 rings (SSSR count). The fraction of sp³-hybridized carbons (Fsp3) is 0.111. The second kappa shape index (κ2) is 9.53. The molecule has 1 unspecified atom stereocenters. The summed E-state index contributed by atoms with van der Waals surface area (Å²) in [5.41, 5.74) is 3.74. The summed E-state index contributed by atoms with van der Waals surface area (Å²) in [6.07, 6.45) is 6.20. The Morgan fingerprint density at radius 3 is 2.89 bits per heavy atom. The van der Waals surface area contributed by atoms with Crippen LogP contribution < -0.4 is 10.1 Å². The number of amides is 1. The van der Waals surface area contributed by atoms with Crippen LogP contribution in [-0.4, -0.2) is 38.8 Å². The monoisotopic (exact) mass is 463 g/mol. The Labute approximate surface area is 200 Å². The smallest absolute Gasteiger partial charge is 0.405 e. The third kappa shape index (κ3) is 4.75. The zero-order chi connectivity index (χ0) is 24.2. The normalized spacial score (nSPS) is 11.7. The summed E-state index contributed by atoms with van der Waals surface area (Å²) in [5.74, 6) is 0.449. The predicted molar refractivity (Wildman–Crippen MR) is 132 cm³/mol. The van der Waals surface area contributed by atoms with Crippen LogP contribution in [0.5, 0.6) is 5.75 Å². The van der Waals surface area contributed by atoms with Crippen molar-refractivity contribution in [3.8, 4) is 22.9 Å². The number of ether oxygens (including phenoxy) is 1. The van der Waals surface area contributed by atoms with E-state index in [4.69, 9.17) is 4.74 Å². The summed E-state index contributed by atoms with van der Waals surface area (Å²) >= 11 is 0. The number of aromatic nitrogens is 3. The Hall–Kier alpha value is -4.90. The van der Waals surface area contributed by atoms with Gasteiger partial charge in [0.15, 0.2) is 0 Å². The first kappa shape index (κ1) is 21.9. The van der Waals surface area contributed by atoms with E-state index in [0.717, 1.165) is 32.8 Å². The molecule has 5 aromatic rings. The standard InChI is InChI=1S/C27H21N5O3/c28-12-26-24(18-5-6-19-13-29-8-7-17(19)9-18)11-22(15-31-26)35-16-21(32-27(33)34)10-20-14-30-25-4-2-1-3-23(20)25/h1-9,11,13-15,21,30,32H,10,16H2,(H,33,34). The summed E-state index contributed by atoms with van der Waals surface area (Å²) in [6.45, 7) is 0.0994. The molecule has 0 aliphatic heterocycles. The topological polar surface area (TPSA) is 124 Å². The van der Waals surface area contributed by atoms with E-state index in [1.54, 1.807) is 18.5 Å². The maximum Gasteiger partial charge on any atom is 0.405 e. The number of para-hydroxylation sites is 1. The number of aromatic amines is 1. The van der Waals surface area contributed by atoms with Crippen LogP contribution in [0.2, 0.25) is 0 Å². The van der Waals surface area contributed by atoms with Crippen molar-refractivity contribution in [2.75, 3.05) is 6.61 Å². The first-order chi connectivity index (χ1) is 17.1. The van der Waals surface area contributed by atoms with Crippen LogP contribution in [0.15, 0.2) is 79.4 Å². The largest absolute Gasteiger partial charge is 0.490 e. The van der Waals surface area contributed by atoms with E-state index >= 15 is 0 Å². The van der Waals surface area contributed by atoms with E-state index < -0.39 is 12.1 Å². The highest BCUT2D eigenvalue weighted by molar-refractivity contribution is 5.87. The first-order valence-electron chi connectivity index (χ1n) is 11.0. The van der Waals surface area contributed by atoms with Crippen LogP contribution in [0.25, 0.3) is 32.8 Å². The van der Waals surface area contributed by atoms with E-state index in [0.29, 0.717) is 17.7 Å². The number of hydrogen-bond acceptors (Lipinski definition) is 5. The lowest BCUT2D eigenvalue weighted by atomic mass is 10.0. The van der Waals surface area contributed by atoms with Gasteiger partial charge >= 0.3 is 6.09 Å². The fourth-order valence-corrected chi connectivity index (χ4v) is 4.17. The lowest BCUT2D eigenvalue weighted by Crippen LogP contribution is -2.39. The summed E-state index contributed by atoms with van der Waals surface area (Å²) in [4.78, 5) is 23.0. The van der Waals surface area contributed by atoms with Gasteiger partial charge in [0.1, 0.15) is 24.1 Å². The Morgan fingerprint density at radius 2 is 2.03 bits per heavy atom. The van der Waals surface area contributed by atoms with Crippen LogP contribution in [0.4, 0.5) is 4.79 Å². The van der Waals surface area contributed by atoms with Crippen molar-refractivity contribution < 1.29 is 14.6 Å². The summed E-state index contributed by atoms with van der Waals surface area (Å²) in [7, 11) is 0. The molecule has 1 amide bonds. The lowest BCUT2D eigenvalue weighted by molar-refractivity contribution is 0.181. The van der Waals surface area contributed by atoms with Gasteiger partial charge in [-0.3, -0.25) is 4.98 Å². The molecule has 172 valence electrons. The summed E-state index contributed by atoms with van der Waals surface area (Å²) in [5, 5.41) is 24.5. The minimum atomic E-state index is -1.12. The van der Waals surface area contributed by atoms with Crippen molar-refractivity contribution in [3.63, 3.8) is 0 Å². The molecule has 0 saturated carbocycles. The highest BCUT2D eigenvalue weighted by atomic mass is 16.5. The molecule has 8 heteroatoms. The van der Waals surface area contributed by atoms with Crippen molar-refractivity contribution in [1.82, 2.24) is 20.3 Å². The van der Waals surface area contributed by atoms with Gasteiger partial charge in [-0.2, -0.15) is 5.26 Å². The molecule has 1 atom stereocenters. The van der Waals surface area contributed by atoms with E-state index in [1.807, 2.05) is 54.7 Å². The van der Waals surface area contributed by atoms with E-state index in [1.165, 1.54) is 6.20 Å². The van der Waals surface area contributed by atoms with Crippen molar-refractivity contribution in [3.05, 3.63) is 90.6 Å². The number of rotatable bonds is 7. The number of H-pyrrole nitrogens is 1. The van der Waals surface area contributed by atoms with Gasteiger partial charge in [-0.25, -0.2) is 9.78 Å². The van der Waals surface area contributed by atoms with Crippen LogP contribution in [0.3, 0.4) is 0 Å². The van der Waals surface area contributed by atoms with Crippen molar-refractivity contribution in [2.45, 2.75) is 12.5 Å². The van der Waals surface area contributed by atoms with Gasteiger partial charge in [0, 0.05) is 40.4 Å². The van der Waals surface area contributed by atoms with Gasteiger partial charge in [-0.15, -0.1) is 0 Å². The maximum absolute atomic E-state index is 11.4. The Kier molecular flexibility index (Phi) is 5.97. The van der Waals surface area contributed by atoms with Gasteiger partial charge in [-0.1, -0.05) is 30.3 Å². The molecule has 3 N–H and O–H groups in total. The van der Waals surface area contributed by atoms with Gasteiger partial charge < -0.3 is 20.1 Å². The van der Waals surface area contributed by atoms with E-state index in [9.17, 15) is 15.2 Å². The summed E-state index contributed by atoms with van der Waals surface area (Å²) < 4.78 is 5.96. The third-order valence-electron chi connectivity index (χ3n) is 5.84. The Bertz CT molecular complexity index is 1570. The summed E-state index contributed by atoms with van der Waals surface area (Å²) in [6, 6.07) is 19.0. The van der Waals surface area contributed by atoms with Gasteiger partial charge in [0.05, 0.1) is 12.2 Å². The van der Waals surface area contributed by atoms with Crippen LogP contribution in [-0.2, 0) is 6.42 Å². The highest BCUT2D eigenvalue weighted by Crippen LogP contribution is 2.29.